The number of carbonyl (C=O) groups excluding carboxylic acids is 4. The van der Waals surface area contributed by atoms with E-state index in [1.54, 1.807) is 90.1 Å². The molecule has 0 radical (unpaired) electrons. The minimum atomic E-state index is -2.24. The fourth-order valence-electron chi connectivity index (χ4n) is 6.82. The second-order valence-corrected chi connectivity index (χ2v) is 14.5. The van der Waals surface area contributed by atoms with Gasteiger partial charge in [0.05, 0.1) is 24.5 Å². The maximum absolute atomic E-state index is 15.6. The van der Waals surface area contributed by atoms with Crippen LogP contribution in [0.3, 0.4) is 0 Å². The molecule has 2 N–H and O–H groups in total. The largest absolute Gasteiger partial charge is 0.444 e. The van der Waals surface area contributed by atoms with Gasteiger partial charge >= 0.3 is 12.2 Å². The maximum atomic E-state index is 15.6. The fourth-order valence-corrected chi connectivity index (χ4v) is 6.82. The Kier molecular flexibility index (Phi) is 8.67. The predicted octanol–water partition coefficient (Wildman–Crippen LogP) is 6.92. The summed E-state index contributed by atoms with van der Waals surface area (Å²) < 4.78 is 11.6. The van der Waals surface area contributed by atoms with E-state index in [1.807, 2.05) is 60.7 Å². The quantitative estimate of drug-likeness (QED) is 0.220. The summed E-state index contributed by atoms with van der Waals surface area (Å²) in [5.41, 5.74) is -3.20. The molecule has 0 saturated heterocycles. The van der Waals surface area contributed by atoms with E-state index in [2.05, 4.69) is 10.6 Å². The van der Waals surface area contributed by atoms with E-state index in [4.69, 9.17) is 9.47 Å². The summed E-state index contributed by atoms with van der Waals surface area (Å²) in [5.74, 6) is -1.26. The molecule has 0 fully saturated rings. The minimum Gasteiger partial charge on any atom is -0.444 e. The number of amides is 4. The number of hydrogen-bond acceptors (Lipinski definition) is 6. The first-order valence-corrected chi connectivity index (χ1v) is 16.6. The lowest BCUT2D eigenvalue weighted by atomic mass is 9.69. The van der Waals surface area contributed by atoms with Crippen LogP contribution in [0.2, 0.25) is 0 Å². The zero-order valence-electron chi connectivity index (χ0n) is 29.2. The van der Waals surface area contributed by atoms with Gasteiger partial charge in [-0.2, -0.15) is 0 Å². The van der Waals surface area contributed by atoms with Gasteiger partial charge < -0.3 is 19.3 Å². The average molecular weight is 675 g/mol. The molecule has 2 aliphatic heterocycles. The Labute approximate surface area is 292 Å². The summed E-state index contributed by atoms with van der Waals surface area (Å²) in [6, 6.07) is 32.8. The molecule has 2 atom stereocenters. The summed E-state index contributed by atoms with van der Waals surface area (Å²) in [7, 11) is 0. The van der Waals surface area contributed by atoms with Crippen molar-refractivity contribution in [1.82, 2.24) is 10.6 Å². The van der Waals surface area contributed by atoms with Crippen molar-refractivity contribution in [2.75, 3.05) is 9.80 Å². The molecule has 2 unspecified atom stereocenters. The number of para-hydroxylation sites is 2. The first-order valence-electron chi connectivity index (χ1n) is 16.6. The van der Waals surface area contributed by atoms with Crippen molar-refractivity contribution in [3.8, 4) is 0 Å². The van der Waals surface area contributed by atoms with E-state index in [1.165, 1.54) is 9.80 Å². The van der Waals surface area contributed by atoms with Gasteiger partial charge in [0.25, 0.3) is 11.8 Å². The summed E-state index contributed by atoms with van der Waals surface area (Å²) in [6.07, 6.45) is -1.89. The zero-order chi connectivity index (χ0) is 35.9. The lowest BCUT2D eigenvalue weighted by Gasteiger charge is -2.45. The summed E-state index contributed by atoms with van der Waals surface area (Å²) >= 11 is 0. The highest BCUT2D eigenvalue weighted by molar-refractivity contribution is 6.20. The highest BCUT2D eigenvalue weighted by Crippen LogP contribution is 2.56. The lowest BCUT2D eigenvalue weighted by Crippen LogP contribution is -2.74. The van der Waals surface area contributed by atoms with Crippen LogP contribution in [0, 0.1) is 0 Å². The van der Waals surface area contributed by atoms with Crippen LogP contribution in [0.5, 0.6) is 0 Å². The number of rotatable bonds is 7. The van der Waals surface area contributed by atoms with Crippen LogP contribution >= 0.6 is 0 Å². The maximum Gasteiger partial charge on any atom is 0.408 e. The van der Waals surface area contributed by atoms with Crippen LogP contribution in [-0.2, 0) is 43.2 Å². The highest BCUT2D eigenvalue weighted by atomic mass is 16.6. The number of carbonyl (C=O) groups is 4. The van der Waals surface area contributed by atoms with Gasteiger partial charge in [0, 0.05) is 11.1 Å². The van der Waals surface area contributed by atoms with E-state index in [0.717, 1.165) is 11.1 Å². The normalized spacial score (nSPS) is 19.9. The molecule has 6 rings (SSSR count). The molecule has 0 aliphatic carbocycles. The number of nitrogens with zero attached hydrogens (tertiary/aromatic N) is 2. The number of anilines is 2. The second kappa shape index (κ2) is 12.7. The molecule has 4 aromatic carbocycles. The summed E-state index contributed by atoms with van der Waals surface area (Å²) in [6.45, 7) is 10.5. The van der Waals surface area contributed by atoms with Crippen LogP contribution in [0.1, 0.15) is 63.8 Å². The van der Waals surface area contributed by atoms with Crippen molar-refractivity contribution in [3.05, 3.63) is 131 Å². The number of benzene rings is 4. The minimum absolute atomic E-state index is 0.126. The van der Waals surface area contributed by atoms with E-state index in [9.17, 15) is 9.59 Å². The fraction of sp³-hybridized carbons (Fsp3) is 0.300. The van der Waals surface area contributed by atoms with Gasteiger partial charge in [0.1, 0.15) is 11.2 Å². The third-order valence-corrected chi connectivity index (χ3v) is 8.64. The first kappa shape index (κ1) is 34.2. The molecule has 0 bridgehead atoms. The van der Waals surface area contributed by atoms with Crippen molar-refractivity contribution in [2.24, 2.45) is 0 Å². The topological polar surface area (TPSA) is 117 Å². The number of alkyl carbamates (subject to hydrolysis) is 2. The molecule has 4 amide bonds. The molecule has 50 heavy (non-hydrogen) atoms. The van der Waals surface area contributed by atoms with E-state index in [0.29, 0.717) is 22.5 Å². The van der Waals surface area contributed by atoms with Gasteiger partial charge in [-0.25, -0.2) is 9.59 Å². The molecule has 0 spiro atoms. The predicted molar refractivity (Wildman–Crippen MR) is 190 cm³/mol. The second-order valence-electron chi connectivity index (χ2n) is 14.5. The van der Waals surface area contributed by atoms with Crippen LogP contribution < -0.4 is 20.4 Å². The average Bonchev–Trinajstić information content (AvgIpc) is 3.42. The van der Waals surface area contributed by atoms with Gasteiger partial charge in [-0.15, -0.1) is 0 Å². The lowest BCUT2D eigenvalue weighted by molar-refractivity contribution is -0.138. The van der Waals surface area contributed by atoms with Gasteiger partial charge in [-0.05, 0) is 64.8 Å². The highest BCUT2D eigenvalue weighted by Gasteiger charge is 2.73. The van der Waals surface area contributed by atoms with Gasteiger partial charge in [0.2, 0.25) is 0 Å². The van der Waals surface area contributed by atoms with Gasteiger partial charge in [-0.1, -0.05) is 97.1 Å². The molecule has 4 aromatic rings. The molecule has 10 heteroatoms. The third-order valence-electron chi connectivity index (χ3n) is 8.64. The summed E-state index contributed by atoms with van der Waals surface area (Å²) in [5, 5.41) is 5.81. The molecule has 2 aliphatic rings. The van der Waals surface area contributed by atoms with Crippen LogP contribution in [0.4, 0.5) is 21.0 Å². The Balaban J connectivity index is 1.65. The number of hydrogen-bond donors (Lipinski definition) is 2. The van der Waals surface area contributed by atoms with E-state index >= 15 is 9.59 Å². The Morgan fingerprint density at radius 3 is 1.20 bits per heavy atom. The standard InChI is InChI=1S/C40H42N4O6/c1-37(2,3)49-35(47)41-39(29-21-13-15-23-31(29)43(33(39)45)25-27-17-9-7-10-18-27)40(42-36(48)50-38(4,5)6)30-22-14-16-24-32(30)44(34(40)46)26-28-19-11-8-12-20-28/h7-24H,25-26H2,1-6H3,(H,41,47)(H,42,48). The van der Waals surface area contributed by atoms with E-state index < -0.39 is 46.3 Å². The summed E-state index contributed by atoms with van der Waals surface area (Å²) in [4.78, 5) is 62.3. The Morgan fingerprint density at radius 1 is 0.540 bits per heavy atom. The van der Waals surface area contributed by atoms with Crippen molar-refractivity contribution in [3.63, 3.8) is 0 Å². The Bertz CT molecular complexity index is 1790. The molecule has 10 nitrogen and oxygen atoms in total. The molecule has 258 valence electrons. The van der Waals surface area contributed by atoms with Gasteiger partial charge in [-0.3, -0.25) is 20.2 Å². The molecule has 0 aromatic heterocycles. The van der Waals surface area contributed by atoms with Crippen LogP contribution in [-0.4, -0.2) is 35.2 Å². The number of ether oxygens (including phenoxy) is 2. The number of nitrogens with one attached hydrogen (secondary N) is 2. The van der Waals surface area contributed by atoms with Crippen molar-refractivity contribution in [1.29, 1.82) is 0 Å². The zero-order valence-corrected chi connectivity index (χ0v) is 29.2. The third kappa shape index (κ3) is 6.06. The molecular weight excluding hydrogens is 632 g/mol. The van der Waals surface area contributed by atoms with Crippen molar-refractivity contribution >= 4 is 35.4 Å². The van der Waals surface area contributed by atoms with Gasteiger partial charge in [0.15, 0.2) is 11.1 Å². The first-order chi connectivity index (χ1) is 23.7. The number of fused-ring (bicyclic) bond motifs is 2. The van der Waals surface area contributed by atoms with Crippen LogP contribution in [0.15, 0.2) is 109 Å². The molecular formula is C40H42N4O6. The molecule has 0 saturated carbocycles. The Morgan fingerprint density at radius 2 is 0.860 bits per heavy atom. The Hall–Kier alpha value is -5.64. The van der Waals surface area contributed by atoms with Crippen molar-refractivity contribution < 1.29 is 28.7 Å². The van der Waals surface area contributed by atoms with Crippen molar-refractivity contribution in [2.45, 2.75) is 76.9 Å². The van der Waals surface area contributed by atoms with Crippen LogP contribution in [0.25, 0.3) is 0 Å². The smallest absolute Gasteiger partial charge is 0.408 e. The van der Waals surface area contributed by atoms with E-state index in [-0.39, 0.29) is 13.1 Å². The monoisotopic (exact) mass is 674 g/mol. The molecule has 2 heterocycles. The SMILES string of the molecule is CC(C)(C)OC(=O)NC1(C2(NC(=O)OC(C)(C)C)C(=O)N(Cc3ccccc3)c3ccccc32)C(=O)N(Cc2ccccc2)c2ccccc21.